The number of rotatable bonds is 5. The van der Waals surface area contributed by atoms with Gasteiger partial charge < -0.3 is 4.74 Å². The largest absolute Gasteiger partial charge is 0.376 e. The molecule has 7 heteroatoms. The van der Waals surface area contributed by atoms with Crippen LogP contribution in [0.2, 0.25) is 0 Å². The molecule has 28 heavy (non-hydrogen) atoms. The van der Waals surface area contributed by atoms with Crippen LogP contribution in [0.5, 0.6) is 0 Å². The monoisotopic (exact) mass is 372 g/mol. The van der Waals surface area contributed by atoms with E-state index in [9.17, 15) is 0 Å². The minimum absolute atomic E-state index is 0.286. The summed E-state index contributed by atoms with van der Waals surface area (Å²) in [6, 6.07) is 14.4. The van der Waals surface area contributed by atoms with Crippen molar-refractivity contribution in [1.82, 2.24) is 29.5 Å². The standard InChI is InChI=1S/C21H20N6O/c1-3-16(18-6-7-21(22-12-18)26-14-23-24-15-26)11-17(4-1)20-8-9-27(25-20)13-19-5-2-10-28-19/h1,3-4,6-9,11-12,14-15,19H,2,5,10,13H2/t19-/m0/s1. The lowest BCUT2D eigenvalue weighted by atomic mass is 10.0. The van der Waals surface area contributed by atoms with Crippen LogP contribution in [0.15, 0.2) is 67.5 Å². The van der Waals surface area contributed by atoms with E-state index in [0.29, 0.717) is 0 Å². The van der Waals surface area contributed by atoms with E-state index >= 15 is 0 Å². The lowest BCUT2D eigenvalue weighted by Gasteiger charge is -2.09. The summed E-state index contributed by atoms with van der Waals surface area (Å²) in [4.78, 5) is 4.51. The number of aromatic nitrogens is 6. The van der Waals surface area contributed by atoms with E-state index in [2.05, 4.69) is 51.6 Å². The zero-order chi connectivity index (χ0) is 18.8. The first-order valence-corrected chi connectivity index (χ1v) is 9.42. The van der Waals surface area contributed by atoms with Crippen molar-refractivity contribution in [2.75, 3.05) is 6.61 Å². The molecule has 5 rings (SSSR count). The Morgan fingerprint density at radius 1 is 1.00 bits per heavy atom. The summed E-state index contributed by atoms with van der Waals surface area (Å²) in [5.74, 6) is 0.790. The summed E-state index contributed by atoms with van der Waals surface area (Å²) in [6.07, 6.45) is 9.71. The van der Waals surface area contributed by atoms with Gasteiger partial charge in [0, 0.05) is 30.1 Å². The highest BCUT2D eigenvalue weighted by atomic mass is 16.5. The Morgan fingerprint density at radius 3 is 2.68 bits per heavy atom. The van der Waals surface area contributed by atoms with Gasteiger partial charge in [0.05, 0.1) is 18.3 Å². The molecule has 0 aliphatic carbocycles. The van der Waals surface area contributed by atoms with Gasteiger partial charge in [-0.2, -0.15) is 5.10 Å². The molecule has 0 spiro atoms. The first kappa shape index (κ1) is 16.8. The van der Waals surface area contributed by atoms with Gasteiger partial charge in [-0.1, -0.05) is 18.2 Å². The average Bonchev–Trinajstić information content (AvgIpc) is 3.52. The molecule has 1 aliphatic rings. The molecule has 3 aromatic heterocycles. The second-order valence-corrected chi connectivity index (χ2v) is 6.91. The Bertz CT molecular complexity index is 1050. The molecular formula is C21H20N6O. The third-order valence-electron chi connectivity index (χ3n) is 4.98. The van der Waals surface area contributed by atoms with Gasteiger partial charge in [-0.05, 0) is 42.7 Å². The van der Waals surface area contributed by atoms with E-state index in [-0.39, 0.29) is 6.10 Å². The van der Waals surface area contributed by atoms with Crippen molar-refractivity contribution in [3.63, 3.8) is 0 Å². The molecule has 0 saturated carbocycles. The van der Waals surface area contributed by atoms with Gasteiger partial charge in [-0.3, -0.25) is 9.25 Å². The molecular weight excluding hydrogens is 352 g/mol. The van der Waals surface area contributed by atoms with Gasteiger partial charge in [0.15, 0.2) is 0 Å². The first-order valence-electron chi connectivity index (χ1n) is 9.42. The van der Waals surface area contributed by atoms with Gasteiger partial charge in [-0.25, -0.2) is 4.98 Å². The van der Waals surface area contributed by atoms with E-state index in [4.69, 9.17) is 9.84 Å². The van der Waals surface area contributed by atoms with Crippen LogP contribution in [0.1, 0.15) is 12.8 Å². The Balaban J connectivity index is 1.37. The normalized spacial score (nSPS) is 16.5. The predicted octanol–water partition coefficient (Wildman–Crippen LogP) is 3.37. The van der Waals surface area contributed by atoms with Crippen LogP contribution in [0.4, 0.5) is 0 Å². The fraction of sp³-hybridized carbons (Fsp3) is 0.238. The SMILES string of the molecule is c1cc(-c2ccc(-n3cnnc3)nc2)cc(-c2ccn(C[C@@H]3CCCO3)n2)c1. The summed E-state index contributed by atoms with van der Waals surface area (Å²) in [5, 5.41) is 12.4. The van der Waals surface area contributed by atoms with Crippen molar-refractivity contribution < 1.29 is 4.74 Å². The van der Waals surface area contributed by atoms with Gasteiger partial charge in [0.25, 0.3) is 0 Å². The van der Waals surface area contributed by atoms with Crippen molar-refractivity contribution in [3.05, 3.63) is 67.5 Å². The zero-order valence-electron chi connectivity index (χ0n) is 15.3. The maximum atomic E-state index is 5.71. The highest BCUT2D eigenvalue weighted by molar-refractivity contribution is 5.71. The molecule has 1 atom stereocenters. The number of pyridine rings is 1. The Hall–Kier alpha value is -3.32. The molecule has 1 aliphatic heterocycles. The highest BCUT2D eigenvalue weighted by Crippen LogP contribution is 2.26. The fourth-order valence-corrected chi connectivity index (χ4v) is 3.50. The molecule has 140 valence electrons. The van der Waals surface area contributed by atoms with Gasteiger partial charge in [-0.15, -0.1) is 10.2 Å². The molecule has 4 aromatic rings. The molecule has 1 fully saturated rings. The van der Waals surface area contributed by atoms with Gasteiger partial charge >= 0.3 is 0 Å². The highest BCUT2D eigenvalue weighted by Gasteiger charge is 2.16. The maximum Gasteiger partial charge on any atom is 0.139 e. The molecule has 0 radical (unpaired) electrons. The molecule has 1 saturated heterocycles. The second-order valence-electron chi connectivity index (χ2n) is 6.91. The summed E-state index contributed by atoms with van der Waals surface area (Å²) >= 11 is 0. The Labute approximate surface area is 162 Å². The van der Waals surface area contributed by atoms with Crippen LogP contribution in [-0.2, 0) is 11.3 Å². The first-order chi connectivity index (χ1) is 13.8. The summed E-state index contributed by atoms with van der Waals surface area (Å²) < 4.78 is 9.47. The number of ether oxygens (including phenoxy) is 1. The topological polar surface area (TPSA) is 70.7 Å². The van der Waals surface area contributed by atoms with Crippen molar-refractivity contribution in [2.24, 2.45) is 0 Å². The molecule has 0 bridgehead atoms. The van der Waals surface area contributed by atoms with Crippen LogP contribution >= 0.6 is 0 Å². The minimum atomic E-state index is 0.286. The zero-order valence-corrected chi connectivity index (χ0v) is 15.3. The van der Waals surface area contributed by atoms with E-state index < -0.39 is 0 Å². The quantitative estimate of drug-likeness (QED) is 0.537. The Kier molecular flexibility index (Phi) is 4.42. The fourth-order valence-electron chi connectivity index (χ4n) is 3.50. The van der Waals surface area contributed by atoms with E-state index in [0.717, 1.165) is 54.2 Å². The lowest BCUT2D eigenvalue weighted by Crippen LogP contribution is -2.15. The van der Waals surface area contributed by atoms with Crippen LogP contribution < -0.4 is 0 Å². The van der Waals surface area contributed by atoms with Crippen molar-refractivity contribution in [3.8, 4) is 28.2 Å². The van der Waals surface area contributed by atoms with Crippen LogP contribution in [0.3, 0.4) is 0 Å². The average molecular weight is 372 g/mol. The molecule has 4 heterocycles. The smallest absolute Gasteiger partial charge is 0.139 e. The summed E-state index contributed by atoms with van der Waals surface area (Å²) in [7, 11) is 0. The van der Waals surface area contributed by atoms with E-state index in [1.807, 2.05) is 23.1 Å². The lowest BCUT2D eigenvalue weighted by molar-refractivity contribution is 0.0940. The van der Waals surface area contributed by atoms with Gasteiger partial charge in [0.1, 0.15) is 18.5 Å². The molecule has 0 unspecified atom stereocenters. The van der Waals surface area contributed by atoms with Crippen molar-refractivity contribution in [1.29, 1.82) is 0 Å². The third kappa shape index (κ3) is 3.44. The van der Waals surface area contributed by atoms with E-state index in [1.54, 1.807) is 17.2 Å². The maximum absolute atomic E-state index is 5.71. The second kappa shape index (κ2) is 7.36. The number of benzene rings is 1. The molecule has 7 nitrogen and oxygen atoms in total. The van der Waals surface area contributed by atoms with E-state index in [1.165, 1.54) is 0 Å². The summed E-state index contributed by atoms with van der Waals surface area (Å²) in [5.41, 5.74) is 4.21. The number of hydrogen-bond donors (Lipinski definition) is 0. The predicted molar refractivity (Wildman–Crippen MR) is 105 cm³/mol. The van der Waals surface area contributed by atoms with Gasteiger partial charge in [0.2, 0.25) is 0 Å². The van der Waals surface area contributed by atoms with Crippen LogP contribution in [-0.4, -0.2) is 42.2 Å². The number of nitrogens with zero attached hydrogens (tertiary/aromatic N) is 6. The van der Waals surface area contributed by atoms with Crippen molar-refractivity contribution in [2.45, 2.75) is 25.5 Å². The minimum Gasteiger partial charge on any atom is -0.376 e. The number of hydrogen-bond acceptors (Lipinski definition) is 5. The Morgan fingerprint density at radius 2 is 1.89 bits per heavy atom. The summed E-state index contributed by atoms with van der Waals surface area (Å²) in [6.45, 7) is 1.68. The third-order valence-corrected chi connectivity index (χ3v) is 4.98. The van der Waals surface area contributed by atoms with Crippen LogP contribution in [0.25, 0.3) is 28.2 Å². The molecule has 0 amide bonds. The molecule has 1 aromatic carbocycles. The molecule has 0 N–H and O–H groups in total. The van der Waals surface area contributed by atoms with Crippen molar-refractivity contribution >= 4 is 0 Å². The van der Waals surface area contributed by atoms with Crippen LogP contribution in [0, 0.1) is 0 Å².